The number of hydrogen-bond acceptors (Lipinski definition) is 0. The van der Waals surface area contributed by atoms with Crippen LogP contribution >= 0.6 is 0 Å². The number of benzene rings is 1. The van der Waals surface area contributed by atoms with Gasteiger partial charge >= 0.3 is 0 Å². The van der Waals surface area contributed by atoms with Gasteiger partial charge in [-0.15, -0.1) is 0 Å². The molecule has 0 heterocycles. The van der Waals surface area contributed by atoms with E-state index >= 15 is 0 Å². The molecule has 0 fully saturated rings. The van der Waals surface area contributed by atoms with Crippen molar-refractivity contribution < 1.29 is 0 Å². The summed E-state index contributed by atoms with van der Waals surface area (Å²) < 4.78 is 0. The number of aryl methyl sites for hydroxylation is 1. The van der Waals surface area contributed by atoms with Gasteiger partial charge < -0.3 is 0 Å². The molecule has 1 aromatic carbocycles. The lowest BCUT2D eigenvalue weighted by Crippen LogP contribution is -1.89. The van der Waals surface area contributed by atoms with Crippen molar-refractivity contribution in [2.75, 3.05) is 0 Å². The van der Waals surface area contributed by atoms with Crippen LogP contribution in [0.15, 0.2) is 55.7 Å². The van der Waals surface area contributed by atoms with Crippen LogP contribution in [0, 0.1) is 0 Å². The lowest BCUT2D eigenvalue weighted by molar-refractivity contribution is 1.13. The van der Waals surface area contributed by atoms with Crippen LogP contribution in [0.3, 0.4) is 0 Å². The van der Waals surface area contributed by atoms with E-state index < -0.39 is 0 Å². The minimum Gasteiger partial charge on any atom is -0.0990 e. The molecule has 0 amide bonds. The quantitative estimate of drug-likeness (QED) is 0.617. The summed E-state index contributed by atoms with van der Waals surface area (Å²) in [6, 6.07) is 8.39. The molecule has 0 unspecified atom stereocenters. The normalized spacial score (nSPS) is 10.1. The molecule has 0 nitrogen and oxygen atoms in total. The molecule has 16 heavy (non-hydrogen) atoms. The van der Waals surface area contributed by atoms with Crippen molar-refractivity contribution in [3.8, 4) is 0 Å². The van der Waals surface area contributed by atoms with Gasteiger partial charge in [-0.3, -0.25) is 0 Å². The molecule has 0 saturated carbocycles. The number of allylic oxidation sites excluding steroid dienone is 4. The maximum Gasteiger partial charge on any atom is -0.0152 e. The summed E-state index contributed by atoms with van der Waals surface area (Å²) >= 11 is 0. The third kappa shape index (κ3) is 3.90. The lowest BCUT2D eigenvalue weighted by Gasteiger charge is -2.07. The van der Waals surface area contributed by atoms with Crippen molar-refractivity contribution in [1.29, 1.82) is 0 Å². The van der Waals surface area contributed by atoms with Gasteiger partial charge in [0.1, 0.15) is 0 Å². The molecular formula is C16H22. The predicted octanol–water partition coefficient (Wildman–Crippen LogP) is 5.03. The van der Waals surface area contributed by atoms with E-state index in [1.54, 1.807) is 6.08 Å². The summed E-state index contributed by atoms with van der Waals surface area (Å²) in [6.45, 7) is 13.7. The standard InChI is InChI=1S/C14H16.C2H6/c1-4-9-12(5-2)14-11-8-7-10-13(14)6-3;1-2/h4-5,7-11H,1-2,6H2,3H3;1-2H3/b12-9+;. The van der Waals surface area contributed by atoms with E-state index in [-0.39, 0.29) is 0 Å². The average Bonchev–Trinajstić information content (AvgIpc) is 2.38. The first kappa shape index (κ1) is 14.4. The minimum atomic E-state index is 1.04. The molecular weight excluding hydrogens is 192 g/mol. The van der Waals surface area contributed by atoms with Gasteiger partial charge in [0.05, 0.1) is 0 Å². The monoisotopic (exact) mass is 214 g/mol. The SMILES string of the molecule is C=C/C=C(\C=C)c1ccccc1CC.CC. The van der Waals surface area contributed by atoms with Crippen molar-refractivity contribution in [2.45, 2.75) is 27.2 Å². The molecule has 0 N–H and O–H groups in total. The summed E-state index contributed by atoms with van der Waals surface area (Å²) in [7, 11) is 0. The van der Waals surface area contributed by atoms with Gasteiger partial charge in [-0.25, -0.2) is 0 Å². The van der Waals surface area contributed by atoms with Crippen molar-refractivity contribution in [3.05, 3.63) is 66.8 Å². The Labute approximate surface area is 100 Å². The first-order valence-corrected chi connectivity index (χ1v) is 5.87. The van der Waals surface area contributed by atoms with Gasteiger partial charge in [-0.05, 0) is 23.1 Å². The Balaban J connectivity index is 0.00000106. The molecule has 1 rings (SSSR count). The average molecular weight is 214 g/mol. The second-order valence-corrected chi connectivity index (χ2v) is 3.07. The third-order valence-electron chi connectivity index (χ3n) is 2.23. The van der Waals surface area contributed by atoms with Crippen molar-refractivity contribution in [2.24, 2.45) is 0 Å². The Morgan fingerprint density at radius 1 is 1.19 bits per heavy atom. The lowest BCUT2D eigenvalue weighted by atomic mass is 9.98. The Morgan fingerprint density at radius 2 is 1.81 bits per heavy atom. The topological polar surface area (TPSA) is 0 Å². The first-order valence-electron chi connectivity index (χ1n) is 5.87. The zero-order chi connectivity index (χ0) is 12.4. The third-order valence-corrected chi connectivity index (χ3v) is 2.23. The Morgan fingerprint density at radius 3 is 2.31 bits per heavy atom. The summed E-state index contributed by atoms with van der Waals surface area (Å²) in [5.41, 5.74) is 3.74. The molecule has 0 aromatic heterocycles. The van der Waals surface area contributed by atoms with E-state index in [9.17, 15) is 0 Å². The zero-order valence-electron chi connectivity index (χ0n) is 10.7. The van der Waals surface area contributed by atoms with E-state index in [0.717, 1.165) is 12.0 Å². The summed E-state index contributed by atoms with van der Waals surface area (Å²) in [6.07, 6.45) is 6.69. The highest BCUT2D eigenvalue weighted by molar-refractivity contribution is 5.76. The summed E-state index contributed by atoms with van der Waals surface area (Å²) in [5, 5.41) is 0. The van der Waals surface area contributed by atoms with Crippen LogP contribution < -0.4 is 0 Å². The van der Waals surface area contributed by atoms with E-state index in [1.807, 2.05) is 26.0 Å². The minimum absolute atomic E-state index is 1.04. The fourth-order valence-corrected chi connectivity index (χ4v) is 1.50. The van der Waals surface area contributed by atoms with Crippen LogP contribution in [-0.2, 0) is 6.42 Å². The Bertz CT molecular complexity index is 356. The van der Waals surface area contributed by atoms with Crippen LogP contribution in [0.1, 0.15) is 31.9 Å². The summed E-state index contributed by atoms with van der Waals surface area (Å²) in [4.78, 5) is 0. The van der Waals surface area contributed by atoms with Gasteiger partial charge in [-0.2, -0.15) is 0 Å². The van der Waals surface area contributed by atoms with Crippen molar-refractivity contribution in [1.82, 2.24) is 0 Å². The first-order chi connectivity index (χ1) is 7.83. The number of rotatable bonds is 4. The molecule has 0 aliphatic carbocycles. The van der Waals surface area contributed by atoms with Crippen LogP contribution in [0.2, 0.25) is 0 Å². The molecule has 0 radical (unpaired) electrons. The molecule has 0 spiro atoms. The molecule has 0 heteroatoms. The highest BCUT2D eigenvalue weighted by Gasteiger charge is 2.01. The fraction of sp³-hybridized carbons (Fsp3) is 0.250. The van der Waals surface area contributed by atoms with Crippen LogP contribution in [0.4, 0.5) is 0 Å². The maximum absolute atomic E-state index is 3.82. The Hall–Kier alpha value is -1.56. The molecule has 86 valence electrons. The van der Waals surface area contributed by atoms with E-state index in [1.165, 1.54) is 11.1 Å². The zero-order valence-corrected chi connectivity index (χ0v) is 10.7. The molecule has 0 aliphatic heterocycles. The second kappa shape index (κ2) is 8.72. The smallest absolute Gasteiger partial charge is 0.0152 e. The van der Waals surface area contributed by atoms with E-state index in [0.29, 0.717) is 0 Å². The molecule has 0 atom stereocenters. The molecule has 0 saturated heterocycles. The van der Waals surface area contributed by atoms with Gasteiger partial charge in [-0.1, -0.05) is 76.4 Å². The number of hydrogen-bond donors (Lipinski definition) is 0. The van der Waals surface area contributed by atoms with Crippen molar-refractivity contribution in [3.63, 3.8) is 0 Å². The predicted molar refractivity (Wildman–Crippen MR) is 75.5 cm³/mol. The van der Waals surface area contributed by atoms with Crippen molar-refractivity contribution >= 4 is 5.57 Å². The van der Waals surface area contributed by atoms with Crippen LogP contribution in [0.5, 0.6) is 0 Å². The van der Waals surface area contributed by atoms with Crippen LogP contribution in [0.25, 0.3) is 5.57 Å². The largest absolute Gasteiger partial charge is 0.0990 e. The maximum atomic E-state index is 3.82. The highest BCUT2D eigenvalue weighted by Crippen LogP contribution is 2.20. The molecule has 0 aliphatic rings. The van der Waals surface area contributed by atoms with Gasteiger partial charge in [0.25, 0.3) is 0 Å². The van der Waals surface area contributed by atoms with Gasteiger partial charge in [0.15, 0.2) is 0 Å². The molecule has 1 aromatic rings. The molecule has 0 bridgehead atoms. The van der Waals surface area contributed by atoms with E-state index in [4.69, 9.17) is 0 Å². The fourth-order valence-electron chi connectivity index (χ4n) is 1.50. The highest BCUT2D eigenvalue weighted by atomic mass is 14.1. The Kier molecular flexibility index (Phi) is 7.87. The van der Waals surface area contributed by atoms with Gasteiger partial charge in [0, 0.05) is 0 Å². The van der Waals surface area contributed by atoms with Crippen LogP contribution in [-0.4, -0.2) is 0 Å². The second-order valence-electron chi connectivity index (χ2n) is 3.07. The van der Waals surface area contributed by atoms with Gasteiger partial charge in [0.2, 0.25) is 0 Å². The van der Waals surface area contributed by atoms with E-state index in [2.05, 4.69) is 44.3 Å². The summed E-state index contributed by atoms with van der Waals surface area (Å²) in [5.74, 6) is 0.